The quantitative estimate of drug-likeness (QED) is 0.866. The van der Waals surface area contributed by atoms with Crippen LogP contribution in [0, 0.1) is 0 Å². The molecule has 0 heterocycles. The lowest BCUT2D eigenvalue weighted by Crippen LogP contribution is -2.18. The molecule has 0 atom stereocenters. The Hall–Kier alpha value is -2.00. The summed E-state index contributed by atoms with van der Waals surface area (Å²) in [6.07, 6.45) is 0. The van der Waals surface area contributed by atoms with Crippen molar-refractivity contribution < 1.29 is 5.11 Å². The van der Waals surface area contributed by atoms with Crippen LogP contribution >= 0.6 is 0 Å². The highest BCUT2D eigenvalue weighted by Crippen LogP contribution is 2.29. The van der Waals surface area contributed by atoms with Crippen LogP contribution in [-0.2, 0) is 6.54 Å². The van der Waals surface area contributed by atoms with Gasteiger partial charge in [-0.2, -0.15) is 0 Å². The van der Waals surface area contributed by atoms with E-state index in [1.54, 1.807) is 12.1 Å². The van der Waals surface area contributed by atoms with Crippen molar-refractivity contribution in [1.29, 1.82) is 0 Å². The molecule has 0 saturated carbocycles. The highest BCUT2D eigenvalue weighted by Gasteiger charge is 2.10. The van der Waals surface area contributed by atoms with Crippen molar-refractivity contribution in [1.82, 2.24) is 0 Å². The maximum atomic E-state index is 9.58. The van der Waals surface area contributed by atoms with E-state index in [1.165, 1.54) is 0 Å². The van der Waals surface area contributed by atoms with Gasteiger partial charge in [0.2, 0.25) is 0 Å². The molecule has 0 amide bonds. The summed E-state index contributed by atoms with van der Waals surface area (Å²) >= 11 is 0. The van der Waals surface area contributed by atoms with Gasteiger partial charge in [0, 0.05) is 30.5 Å². The maximum absolute atomic E-state index is 9.58. The second kappa shape index (κ2) is 5.56. The number of rotatable bonds is 4. The molecule has 3 nitrogen and oxygen atoms in total. The van der Waals surface area contributed by atoms with Crippen molar-refractivity contribution in [2.45, 2.75) is 13.5 Å². The van der Waals surface area contributed by atoms with Crippen LogP contribution in [0.4, 0.5) is 11.4 Å². The fourth-order valence-corrected chi connectivity index (χ4v) is 2.10. The molecule has 2 aromatic rings. The van der Waals surface area contributed by atoms with Crippen molar-refractivity contribution in [3.63, 3.8) is 0 Å². The van der Waals surface area contributed by atoms with Gasteiger partial charge < -0.3 is 15.7 Å². The van der Waals surface area contributed by atoms with E-state index in [0.717, 1.165) is 23.5 Å². The van der Waals surface area contributed by atoms with Crippen LogP contribution in [0.3, 0.4) is 0 Å². The van der Waals surface area contributed by atoms with Gasteiger partial charge in [-0.1, -0.05) is 24.3 Å². The number of para-hydroxylation sites is 1. The topological polar surface area (TPSA) is 49.5 Å². The Bertz CT molecular complexity index is 525. The third kappa shape index (κ3) is 2.46. The SMILES string of the molecule is CCN(c1cccc(O)c1)c1ccccc1CN. The summed E-state index contributed by atoms with van der Waals surface area (Å²) in [5.41, 5.74) is 8.94. The first-order valence-corrected chi connectivity index (χ1v) is 6.10. The molecular formula is C15H18N2O. The Morgan fingerprint density at radius 3 is 2.56 bits per heavy atom. The predicted molar refractivity (Wildman–Crippen MR) is 75.1 cm³/mol. The minimum absolute atomic E-state index is 0.274. The first-order valence-electron chi connectivity index (χ1n) is 6.10. The van der Waals surface area contributed by atoms with E-state index in [9.17, 15) is 5.11 Å². The summed E-state index contributed by atoms with van der Waals surface area (Å²) in [5.74, 6) is 0.274. The molecule has 0 saturated heterocycles. The summed E-state index contributed by atoms with van der Waals surface area (Å²) < 4.78 is 0. The Kier molecular flexibility index (Phi) is 3.85. The Morgan fingerprint density at radius 1 is 1.11 bits per heavy atom. The molecule has 94 valence electrons. The van der Waals surface area contributed by atoms with E-state index in [-0.39, 0.29) is 5.75 Å². The average Bonchev–Trinajstić information content (AvgIpc) is 2.40. The molecule has 0 unspecified atom stereocenters. The highest BCUT2D eigenvalue weighted by molar-refractivity contribution is 5.67. The molecule has 3 N–H and O–H groups in total. The van der Waals surface area contributed by atoms with Gasteiger partial charge in [0.05, 0.1) is 0 Å². The predicted octanol–water partition coefficient (Wildman–Crippen LogP) is 3.01. The fraction of sp³-hybridized carbons (Fsp3) is 0.200. The second-order valence-corrected chi connectivity index (χ2v) is 4.10. The van der Waals surface area contributed by atoms with Crippen LogP contribution in [0.1, 0.15) is 12.5 Å². The van der Waals surface area contributed by atoms with Gasteiger partial charge in [0.15, 0.2) is 0 Å². The summed E-state index contributed by atoms with van der Waals surface area (Å²) in [6, 6.07) is 15.3. The van der Waals surface area contributed by atoms with Crippen LogP contribution < -0.4 is 10.6 Å². The van der Waals surface area contributed by atoms with E-state index in [0.29, 0.717) is 6.54 Å². The molecule has 2 rings (SSSR count). The molecule has 0 bridgehead atoms. The minimum atomic E-state index is 0.274. The van der Waals surface area contributed by atoms with Gasteiger partial charge in [-0.05, 0) is 30.7 Å². The van der Waals surface area contributed by atoms with Gasteiger partial charge in [-0.25, -0.2) is 0 Å². The number of nitrogens with two attached hydrogens (primary N) is 1. The number of phenols is 1. The monoisotopic (exact) mass is 242 g/mol. The molecule has 0 fully saturated rings. The smallest absolute Gasteiger partial charge is 0.117 e. The van der Waals surface area contributed by atoms with Crippen molar-refractivity contribution in [3.8, 4) is 5.75 Å². The third-order valence-corrected chi connectivity index (χ3v) is 2.96. The molecule has 0 spiro atoms. The number of aromatic hydroxyl groups is 1. The maximum Gasteiger partial charge on any atom is 0.117 e. The Morgan fingerprint density at radius 2 is 1.89 bits per heavy atom. The van der Waals surface area contributed by atoms with E-state index in [2.05, 4.69) is 17.9 Å². The summed E-state index contributed by atoms with van der Waals surface area (Å²) in [4.78, 5) is 2.14. The molecule has 0 aliphatic rings. The van der Waals surface area contributed by atoms with Crippen LogP contribution in [-0.4, -0.2) is 11.7 Å². The standard InChI is InChI=1S/C15H18N2O/c1-2-17(13-7-5-8-14(18)10-13)15-9-4-3-6-12(15)11-16/h3-10,18H,2,11,16H2,1H3. The van der Waals surface area contributed by atoms with E-state index >= 15 is 0 Å². The zero-order valence-corrected chi connectivity index (χ0v) is 10.5. The van der Waals surface area contributed by atoms with Crippen molar-refractivity contribution in [2.75, 3.05) is 11.4 Å². The Balaban J connectivity index is 2.45. The zero-order valence-electron chi connectivity index (χ0n) is 10.5. The van der Waals surface area contributed by atoms with Gasteiger partial charge in [-0.3, -0.25) is 0 Å². The van der Waals surface area contributed by atoms with Crippen LogP contribution in [0.5, 0.6) is 5.75 Å². The number of nitrogens with zero attached hydrogens (tertiary/aromatic N) is 1. The lowest BCUT2D eigenvalue weighted by Gasteiger charge is -2.25. The summed E-state index contributed by atoms with van der Waals surface area (Å²) in [7, 11) is 0. The molecule has 3 heteroatoms. The molecule has 0 aliphatic heterocycles. The molecule has 2 aromatic carbocycles. The first kappa shape index (κ1) is 12.5. The average molecular weight is 242 g/mol. The number of hydrogen-bond donors (Lipinski definition) is 2. The molecule has 0 aromatic heterocycles. The second-order valence-electron chi connectivity index (χ2n) is 4.10. The minimum Gasteiger partial charge on any atom is -0.508 e. The fourth-order valence-electron chi connectivity index (χ4n) is 2.10. The normalized spacial score (nSPS) is 10.3. The largest absolute Gasteiger partial charge is 0.508 e. The van der Waals surface area contributed by atoms with Crippen molar-refractivity contribution >= 4 is 11.4 Å². The molecular weight excluding hydrogens is 224 g/mol. The van der Waals surface area contributed by atoms with Gasteiger partial charge >= 0.3 is 0 Å². The van der Waals surface area contributed by atoms with Crippen molar-refractivity contribution in [2.24, 2.45) is 5.73 Å². The zero-order chi connectivity index (χ0) is 13.0. The lowest BCUT2D eigenvalue weighted by molar-refractivity contribution is 0.475. The summed E-state index contributed by atoms with van der Waals surface area (Å²) in [6.45, 7) is 3.41. The van der Waals surface area contributed by atoms with Crippen molar-refractivity contribution in [3.05, 3.63) is 54.1 Å². The summed E-state index contributed by atoms with van der Waals surface area (Å²) in [5, 5.41) is 9.58. The number of hydrogen-bond acceptors (Lipinski definition) is 3. The molecule has 0 radical (unpaired) electrons. The van der Waals surface area contributed by atoms with Gasteiger partial charge in [0.1, 0.15) is 5.75 Å². The van der Waals surface area contributed by atoms with Crippen LogP contribution in [0.15, 0.2) is 48.5 Å². The van der Waals surface area contributed by atoms with Gasteiger partial charge in [-0.15, -0.1) is 0 Å². The first-order chi connectivity index (χ1) is 8.76. The Labute approximate surface area is 107 Å². The number of anilines is 2. The number of phenolic OH excluding ortho intramolecular Hbond substituents is 1. The van der Waals surface area contributed by atoms with E-state index < -0.39 is 0 Å². The number of benzene rings is 2. The highest BCUT2D eigenvalue weighted by atomic mass is 16.3. The third-order valence-electron chi connectivity index (χ3n) is 2.96. The van der Waals surface area contributed by atoms with E-state index in [1.807, 2.05) is 30.3 Å². The molecule has 0 aliphatic carbocycles. The van der Waals surface area contributed by atoms with Crippen LogP contribution in [0.25, 0.3) is 0 Å². The van der Waals surface area contributed by atoms with Crippen LogP contribution in [0.2, 0.25) is 0 Å². The van der Waals surface area contributed by atoms with Gasteiger partial charge in [0.25, 0.3) is 0 Å². The van der Waals surface area contributed by atoms with E-state index in [4.69, 9.17) is 5.73 Å². The lowest BCUT2D eigenvalue weighted by atomic mass is 10.1. The molecule has 18 heavy (non-hydrogen) atoms.